The molecule has 0 amide bonds. The van der Waals surface area contributed by atoms with Crippen molar-refractivity contribution in [1.82, 2.24) is 5.32 Å². The largest absolute Gasteiger partial charge is 0.491 e. The zero-order valence-electron chi connectivity index (χ0n) is 12.7. The van der Waals surface area contributed by atoms with Crippen LogP contribution in [0.1, 0.15) is 39.7 Å². The highest BCUT2D eigenvalue weighted by atomic mass is 16.5. The van der Waals surface area contributed by atoms with E-state index >= 15 is 0 Å². The highest BCUT2D eigenvalue weighted by molar-refractivity contribution is 5.27. The summed E-state index contributed by atoms with van der Waals surface area (Å²) < 4.78 is 11.0. The third-order valence-corrected chi connectivity index (χ3v) is 2.59. The van der Waals surface area contributed by atoms with Gasteiger partial charge in [0.05, 0.1) is 6.61 Å². The van der Waals surface area contributed by atoms with E-state index in [-0.39, 0.29) is 5.54 Å². The fourth-order valence-electron chi connectivity index (χ4n) is 1.54. The molecule has 0 fully saturated rings. The molecule has 0 unspecified atom stereocenters. The Hall–Kier alpha value is -1.06. The number of nitrogens with one attached hydrogen (secondary N) is 1. The van der Waals surface area contributed by atoms with Crippen LogP contribution in [0.25, 0.3) is 0 Å². The molecule has 0 spiro atoms. The van der Waals surface area contributed by atoms with Crippen molar-refractivity contribution in [2.75, 3.05) is 19.8 Å². The monoisotopic (exact) mass is 265 g/mol. The van der Waals surface area contributed by atoms with Gasteiger partial charge in [0.2, 0.25) is 0 Å². The maximum absolute atomic E-state index is 5.61. The predicted octanol–water partition coefficient (Wildman–Crippen LogP) is 3.38. The van der Waals surface area contributed by atoms with Crippen LogP contribution in [0, 0.1) is 0 Å². The molecule has 3 nitrogen and oxygen atoms in total. The first-order valence-corrected chi connectivity index (χ1v) is 7.06. The third-order valence-electron chi connectivity index (χ3n) is 2.59. The normalized spacial score (nSPS) is 11.6. The molecular weight excluding hydrogens is 238 g/mol. The van der Waals surface area contributed by atoms with Crippen molar-refractivity contribution in [3.8, 4) is 5.75 Å². The predicted molar refractivity (Wildman–Crippen MR) is 79.6 cm³/mol. The van der Waals surface area contributed by atoms with Gasteiger partial charge in [0.15, 0.2) is 0 Å². The van der Waals surface area contributed by atoms with E-state index < -0.39 is 0 Å². The van der Waals surface area contributed by atoms with Gasteiger partial charge in [-0.2, -0.15) is 0 Å². The number of ether oxygens (including phenoxy) is 2. The van der Waals surface area contributed by atoms with E-state index in [4.69, 9.17) is 9.47 Å². The summed E-state index contributed by atoms with van der Waals surface area (Å²) in [5.74, 6) is 0.902. The van der Waals surface area contributed by atoms with Crippen LogP contribution < -0.4 is 10.1 Å². The lowest BCUT2D eigenvalue weighted by Crippen LogP contribution is -2.35. The van der Waals surface area contributed by atoms with E-state index in [0.717, 1.165) is 25.3 Å². The molecule has 0 bridgehead atoms. The Bertz CT molecular complexity index is 341. The van der Waals surface area contributed by atoms with Gasteiger partial charge in [-0.15, -0.1) is 0 Å². The summed E-state index contributed by atoms with van der Waals surface area (Å²) in [5.41, 5.74) is 1.41. The lowest BCUT2D eigenvalue weighted by atomic mass is 10.1. The summed E-state index contributed by atoms with van der Waals surface area (Å²) in [7, 11) is 0. The van der Waals surface area contributed by atoms with Gasteiger partial charge >= 0.3 is 0 Å². The zero-order chi connectivity index (χ0) is 14.1. The second-order valence-electron chi connectivity index (χ2n) is 5.71. The first kappa shape index (κ1) is 16.0. The Labute approximate surface area is 117 Å². The fourth-order valence-corrected chi connectivity index (χ4v) is 1.54. The minimum absolute atomic E-state index is 0.145. The quantitative estimate of drug-likeness (QED) is 0.731. The Morgan fingerprint density at radius 1 is 1.00 bits per heavy atom. The van der Waals surface area contributed by atoms with Crippen LogP contribution in [0.5, 0.6) is 5.75 Å². The van der Waals surface area contributed by atoms with Gasteiger partial charge in [-0.05, 0) is 44.9 Å². The van der Waals surface area contributed by atoms with Gasteiger partial charge in [0.1, 0.15) is 12.4 Å². The molecular formula is C16H27NO2. The minimum Gasteiger partial charge on any atom is -0.491 e. The molecule has 108 valence electrons. The molecule has 0 atom stereocenters. The molecule has 0 heterocycles. The van der Waals surface area contributed by atoms with Gasteiger partial charge in [0.25, 0.3) is 0 Å². The SMILES string of the molecule is CCCOCCOc1ccc(CNC(C)(C)C)cc1. The molecule has 1 aromatic rings. The van der Waals surface area contributed by atoms with Gasteiger partial charge in [0, 0.05) is 18.7 Å². The van der Waals surface area contributed by atoms with Crippen molar-refractivity contribution in [3.63, 3.8) is 0 Å². The van der Waals surface area contributed by atoms with E-state index in [1.807, 2.05) is 12.1 Å². The molecule has 0 aromatic heterocycles. The molecule has 0 saturated carbocycles. The summed E-state index contributed by atoms with van der Waals surface area (Å²) in [6, 6.07) is 8.22. The fraction of sp³-hybridized carbons (Fsp3) is 0.625. The molecule has 19 heavy (non-hydrogen) atoms. The van der Waals surface area contributed by atoms with Crippen molar-refractivity contribution in [1.29, 1.82) is 0 Å². The van der Waals surface area contributed by atoms with Gasteiger partial charge in [-0.1, -0.05) is 19.1 Å². The first-order valence-electron chi connectivity index (χ1n) is 7.06. The van der Waals surface area contributed by atoms with Crippen LogP contribution in [-0.2, 0) is 11.3 Å². The van der Waals surface area contributed by atoms with E-state index in [0.29, 0.717) is 13.2 Å². The number of hydrogen-bond donors (Lipinski definition) is 1. The minimum atomic E-state index is 0.145. The second kappa shape index (κ2) is 8.18. The molecule has 0 aliphatic carbocycles. The molecule has 0 aliphatic rings. The van der Waals surface area contributed by atoms with Crippen LogP contribution in [0.2, 0.25) is 0 Å². The standard InChI is InChI=1S/C16H27NO2/c1-5-10-18-11-12-19-15-8-6-14(7-9-15)13-17-16(2,3)4/h6-9,17H,5,10-13H2,1-4H3. The molecule has 1 rings (SSSR count). The van der Waals surface area contributed by atoms with E-state index in [1.54, 1.807) is 0 Å². The number of rotatable bonds is 8. The van der Waals surface area contributed by atoms with Crippen LogP contribution >= 0.6 is 0 Å². The number of benzene rings is 1. The Balaban J connectivity index is 2.27. The van der Waals surface area contributed by atoms with Crippen molar-refractivity contribution in [2.45, 2.75) is 46.2 Å². The Morgan fingerprint density at radius 2 is 1.68 bits per heavy atom. The lowest BCUT2D eigenvalue weighted by Gasteiger charge is -2.20. The van der Waals surface area contributed by atoms with Crippen LogP contribution in [0.3, 0.4) is 0 Å². The Kier molecular flexibility index (Phi) is 6.89. The highest BCUT2D eigenvalue weighted by Gasteiger charge is 2.08. The van der Waals surface area contributed by atoms with Crippen LogP contribution in [-0.4, -0.2) is 25.4 Å². The average molecular weight is 265 g/mol. The lowest BCUT2D eigenvalue weighted by molar-refractivity contribution is 0.101. The number of hydrogen-bond acceptors (Lipinski definition) is 3. The van der Waals surface area contributed by atoms with Gasteiger partial charge < -0.3 is 14.8 Å². The van der Waals surface area contributed by atoms with E-state index in [1.165, 1.54) is 5.56 Å². The molecule has 1 N–H and O–H groups in total. The smallest absolute Gasteiger partial charge is 0.119 e. The molecule has 0 saturated heterocycles. The van der Waals surface area contributed by atoms with Crippen molar-refractivity contribution in [3.05, 3.63) is 29.8 Å². The molecule has 0 aliphatic heterocycles. The first-order chi connectivity index (χ1) is 9.01. The summed E-state index contributed by atoms with van der Waals surface area (Å²) >= 11 is 0. The summed E-state index contributed by atoms with van der Waals surface area (Å²) in [5, 5.41) is 3.46. The summed E-state index contributed by atoms with van der Waals surface area (Å²) in [6.07, 6.45) is 1.05. The molecule has 0 radical (unpaired) electrons. The summed E-state index contributed by atoms with van der Waals surface area (Å²) in [4.78, 5) is 0. The summed E-state index contributed by atoms with van der Waals surface area (Å²) in [6.45, 7) is 11.6. The molecule has 3 heteroatoms. The maximum atomic E-state index is 5.61. The van der Waals surface area contributed by atoms with Crippen molar-refractivity contribution < 1.29 is 9.47 Å². The zero-order valence-corrected chi connectivity index (χ0v) is 12.7. The topological polar surface area (TPSA) is 30.5 Å². The maximum Gasteiger partial charge on any atom is 0.119 e. The van der Waals surface area contributed by atoms with Crippen LogP contribution in [0.4, 0.5) is 0 Å². The van der Waals surface area contributed by atoms with E-state index in [9.17, 15) is 0 Å². The average Bonchev–Trinajstić information content (AvgIpc) is 2.37. The molecule has 1 aromatic carbocycles. The van der Waals surface area contributed by atoms with E-state index in [2.05, 4.69) is 45.1 Å². The van der Waals surface area contributed by atoms with Crippen molar-refractivity contribution in [2.24, 2.45) is 0 Å². The highest BCUT2D eigenvalue weighted by Crippen LogP contribution is 2.13. The Morgan fingerprint density at radius 3 is 2.26 bits per heavy atom. The van der Waals surface area contributed by atoms with Gasteiger partial charge in [-0.25, -0.2) is 0 Å². The third kappa shape index (κ3) is 7.85. The van der Waals surface area contributed by atoms with Crippen molar-refractivity contribution >= 4 is 0 Å². The van der Waals surface area contributed by atoms with Crippen LogP contribution in [0.15, 0.2) is 24.3 Å². The second-order valence-corrected chi connectivity index (χ2v) is 5.71. The van der Waals surface area contributed by atoms with Gasteiger partial charge in [-0.3, -0.25) is 0 Å².